The number of aromatic nitrogens is 1. The zero-order valence-electron chi connectivity index (χ0n) is 22.0. The number of furan rings is 1. The fourth-order valence-corrected chi connectivity index (χ4v) is 6.62. The molecule has 0 spiro atoms. The molecule has 0 saturated carbocycles. The van der Waals surface area contributed by atoms with Crippen LogP contribution in [0, 0.1) is 0 Å². The molecule has 0 N–H and O–H groups in total. The first-order valence-corrected chi connectivity index (χ1v) is 15.1. The van der Waals surface area contributed by atoms with Crippen LogP contribution >= 0.6 is 38.9 Å². The molecule has 2 aromatic heterocycles. The van der Waals surface area contributed by atoms with Gasteiger partial charge in [-0.3, -0.25) is 9.36 Å². The van der Waals surface area contributed by atoms with Crippen molar-refractivity contribution in [3.63, 3.8) is 0 Å². The molecule has 2 aromatic carbocycles. The van der Waals surface area contributed by atoms with Crippen molar-refractivity contribution in [3.05, 3.63) is 112 Å². The number of thiazole rings is 1. The molecular weight excluding hydrogens is 630 g/mol. The summed E-state index contributed by atoms with van der Waals surface area (Å²) in [6, 6.07) is 17.6. The van der Waals surface area contributed by atoms with Gasteiger partial charge >= 0.3 is 5.97 Å². The van der Waals surface area contributed by atoms with E-state index in [1.165, 1.54) is 11.3 Å². The fraction of sp³-hybridized carbons (Fsp3) is 0.233. The summed E-state index contributed by atoms with van der Waals surface area (Å²) in [6.07, 6.45) is 1.72. The van der Waals surface area contributed by atoms with Crippen LogP contribution in [-0.2, 0) is 14.3 Å². The molecule has 4 heterocycles. The molecule has 11 heteroatoms. The monoisotopic (exact) mass is 653 g/mol. The van der Waals surface area contributed by atoms with Gasteiger partial charge in [0.2, 0.25) is 5.88 Å². The van der Waals surface area contributed by atoms with Crippen molar-refractivity contribution in [2.24, 2.45) is 4.99 Å². The maximum Gasteiger partial charge on any atom is 0.338 e. The van der Waals surface area contributed by atoms with Gasteiger partial charge in [0, 0.05) is 35.8 Å². The van der Waals surface area contributed by atoms with Crippen molar-refractivity contribution in [3.8, 4) is 0 Å². The van der Waals surface area contributed by atoms with Crippen molar-refractivity contribution < 1.29 is 18.7 Å². The van der Waals surface area contributed by atoms with E-state index in [0.717, 1.165) is 10.0 Å². The Kier molecular flexibility index (Phi) is 7.99. The summed E-state index contributed by atoms with van der Waals surface area (Å²) in [5, 5.41) is 0.547. The SMILES string of the molecule is CCOC(=O)C1=C(c2ccccc2)N=c2s/c(=C/c3cc(Br)c(N4CCOCC4)o3)c(=O)n2[C@H]1c1ccc(Cl)cc1. The number of esters is 1. The molecule has 1 saturated heterocycles. The lowest BCUT2D eigenvalue weighted by Crippen LogP contribution is -2.40. The zero-order valence-corrected chi connectivity index (χ0v) is 25.2. The van der Waals surface area contributed by atoms with Gasteiger partial charge in [-0.25, -0.2) is 9.79 Å². The Bertz CT molecular complexity index is 1800. The highest BCUT2D eigenvalue weighted by Gasteiger charge is 2.35. The molecular formula is C30H25BrClN3O5S. The quantitative estimate of drug-likeness (QED) is 0.278. The lowest BCUT2D eigenvalue weighted by atomic mass is 9.93. The Hall–Kier alpha value is -3.44. The number of anilines is 1. The van der Waals surface area contributed by atoms with Crippen LogP contribution in [0.25, 0.3) is 11.8 Å². The number of hydrogen-bond acceptors (Lipinski definition) is 8. The minimum Gasteiger partial charge on any atom is -0.463 e. The summed E-state index contributed by atoms with van der Waals surface area (Å²) < 4.78 is 19.9. The van der Waals surface area contributed by atoms with E-state index in [2.05, 4.69) is 20.8 Å². The van der Waals surface area contributed by atoms with E-state index < -0.39 is 12.0 Å². The number of rotatable bonds is 6. The summed E-state index contributed by atoms with van der Waals surface area (Å²) in [6.45, 7) is 4.61. The minimum atomic E-state index is -0.771. The number of benzene rings is 2. The van der Waals surface area contributed by atoms with Gasteiger partial charge in [-0.2, -0.15) is 0 Å². The third-order valence-corrected chi connectivity index (χ3v) is 8.62. The van der Waals surface area contributed by atoms with E-state index in [1.54, 1.807) is 29.7 Å². The Morgan fingerprint density at radius 3 is 2.61 bits per heavy atom. The smallest absolute Gasteiger partial charge is 0.338 e. The molecule has 6 rings (SSSR count). The van der Waals surface area contributed by atoms with Crippen molar-refractivity contribution >= 4 is 62.5 Å². The Balaban J connectivity index is 1.55. The number of carbonyl (C=O) groups is 1. The average molecular weight is 655 g/mol. The van der Waals surface area contributed by atoms with E-state index in [-0.39, 0.29) is 17.7 Å². The van der Waals surface area contributed by atoms with Crippen LogP contribution < -0.4 is 19.8 Å². The molecule has 2 aliphatic rings. The van der Waals surface area contributed by atoms with Crippen LogP contribution in [0.15, 0.2) is 84.9 Å². The van der Waals surface area contributed by atoms with Gasteiger partial charge in [0.25, 0.3) is 5.56 Å². The van der Waals surface area contributed by atoms with Crippen molar-refractivity contribution in [1.82, 2.24) is 4.57 Å². The molecule has 41 heavy (non-hydrogen) atoms. The number of morpholine rings is 1. The van der Waals surface area contributed by atoms with Gasteiger partial charge in [0.15, 0.2) is 4.80 Å². The average Bonchev–Trinajstić information content (AvgIpc) is 3.51. The zero-order chi connectivity index (χ0) is 28.5. The summed E-state index contributed by atoms with van der Waals surface area (Å²) in [5.41, 5.74) is 1.92. The van der Waals surface area contributed by atoms with Crippen molar-refractivity contribution in [1.29, 1.82) is 0 Å². The summed E-state index contributed by atoms with van der Waals surface area (Å²) in [4.78, 5) is 35.0. The van der Waals surface area contributed by atoms with E-state index in [4.69, 9.17) is 30.5 Å². The van der Waals surface area contributed by atoms with Gasteiger partial charge < -0.3 is 18.8 Å². The second-order valence-electron chi connectivity index (χ2n) is 9.38. The van der Waals surface area contributed by atoms with E-state index in [0.29, 0.717) is 63.6 Å². The van der Waals surface area contributed by atoms with E-state index in [9.17, 15) is 9.59 Å². The fourth-order valence-electron chi connectivity index (χ4n) is 4.96. The second kappa shape index (κ2) is 11.8. The van der Waals surface area contributed by atoms with Crippen LogP contribution in [0.5, 0.6) is 0 Å². The lowest BCUT2D eigenvalue weighted by molar-refractivity contribution is -0.138. The molecule has 0 radical (unpaired) electrons. The third-order valence-electron chi connectivity index (χ3n) is 6.82. The predicted octanol–water partition coefficient (Wildman–Crippen LogP) is 4.78. The van der Waals surface area contributed by atoms with Crippen LogP contribution in [0.2, 0.25) is 5.02 Å². The number of ether oxygens (including phenoxy) is 2. The summed E-state index contributed by atoms with van der Waals surface area (Å²) in [7, 11) is 0. The number of fused-ring (bicyclic) bond motifs is 1. The molecule has 0 bridgehead atoms. The van der Waals surface area contributed by atoms with Crippen LogP contribution in [0.3, 0.4) is 0 Å². The molecule has 0 unspecified atom stereocenters. The molecule has 1 fully saturated rings. The molecule has 0 amide bonds. The maximum atomic E-state index is 14.0. The molecule has 8 nitrogen and oxygen atoms in total. The highest BCUT2D eigenvalue weighted by atomic mass is 79.9. The van der Waals surface area contributed by atoms with Crippen molar-refractivity contribution in [2.45, 2.75) is 13.0 Å². The Morgan fingerprint density at radius 1 is 1.17 bits per heavy atom. The highest BCUT2D eigenvalue weighted by Crippen LogP contribution is 2.36. The third kappa shape index (κ3) is 5.44. The van der Waals surface area contributed by atoms with Gasteiger partial charge in [0.1, 0.15) is 5.76 Å². The Labute approximate surface area is 252 Å². The van der Waals surface area contributed by atoms with Crippen LogP contribution in [0.4, 0.5) is 5.88 Å². The molecule has 2 aliphatic heterocycles. The predicted molar refractivity (Wildman–Crippen MR) is 162 cm³/mol. The number of carbonyl (C=O) groups excluding carboxylic acids is 1. The first-order chi connectivity index (χ1) is 19.9. The van der Waals surface area contributed by atoms with Gasteiger partial charge in [-0.05, 0) is 40.5 Å². The van der Waals surface area contributed by atoms with Gasteiger partial charge in [-0.1, -0.05) is 65.4 Å². The lowest BCUT2D eigenvalue weighted by Gasteiger charge is -2.26. The van der Waals surface area contributed by atoms with Crippen LogP contribution in [-0.4, -0.2) is 43.4 Å². The number of halogens is 2. The molecule has 210 valence electrons. The first kappa shape index (κ1) is 27.7. The largest absolute Gasteiger partial charge is 0.463 e. The van der Waals surface area contributed by atoms with Crippen molar-refractivity contribution in [2.75, 3.05) is 37.8 Å². The van der Waals surface area contributed by atoms with Gasteiger partial charge in [-0.15, -0.1) is 0 Å². The standard InChI is InChI=1S/C30H25BrClN3O5S/c1-2-39-29(37)24-25(18-6-4-3-5-7-18)33-30-35(26(24)19-8-10-20(32)11-9-19)27(36)23(41-30)17-21-16-22(31)28(40-21)34-12-14-38-15-13-34/h3-11,16-17,26H,2,12-15H2,1H3/b23-17+/t26-/m0/s1. The molecule has 4 aromatic rings. The first-order valence-electron chi connectivity index (χ1n) is 13.1. The minimum absolute atomic E-state index is 0.182. The topological polar surface area (TPSA) is 86.3 Å². The second-order valence-corrected chi connectivity index (χ2v) is 11.7. The molecule has 0 aliphatic carbocycles. The summed E-state index contributed by atoms with van der Waals surface area (Å²) in [5.74, 6) is 0.691. The van der Waals surface area contributed by atoms with E-state index >= 15 is 0 Å². The number of hydrogen-bond donors (Lipinski definition) is 0. The van der Waals surface area contributed by atoms with E-state index in [1.807, 2.05) is 48.5 Å². The number of nitrogens with zero attached hydrogens (tertiary/aromatic N) is 3. The normalized spacial score (nSPS) is 17.4. The maximum absolute atomic E-state index is 14.0. The van der Waals surface area contributed by atoms with Gasteiger partial charge in [0.05, 0.1) is 46.1 Å². The molecule has 1 atom stereocenters. The Morgan fingerprint density at radius 2 is 1.90 bits per heavy atom. The van der Waals surface area contributed by atoms with Crippen LogP contribution in [0.1, 0.15) is 29.9 Å². The summed E-state index contributed by atoms with van der Waals surface area (Å²) >= 11 is 11.0. The highest BCUT2D eigenvalue weighted by molar-refractivity contribution is 9.10.